The molecule has 0 radical (unpaired) electrons. The van der Waals surface area contributed by atoms with Crippen LogP contribution in [0.15, 0.2) is 27.8 Å². The fourth-order valence-electron chi connectivity index (χ4n) is 3.01. The summed E-state index contributed by atoms with van der Waals surface area (Å²) in [6.07, 6.45) is -2.16. The van der Waals surface area contributed by atoms with E-state index >= 15 is 0 Å². The van der Waals surface area contributed by atoms with Crippen molar-refractivity contribution in [3.8, 4) is 0 Å². The summed E-state index contributed by atoms with van der Waals surface area (Å²) in [6, 6.07) is 3.33. The van der Waals surface area contributed by atoms with E-state index < -0.39 is 12.7 Å². The largest absolute Gasteiger partial charge is 0.459 e. The maximum atomic E-state index is 12.3. The van der Waals surface area contributed by atoms with E-state index in [0.717, 1.165) is 5.96 Å². The van der Waals surface area contributed by atoms with E-state index in [1.807, 2.05) is 6.92 Å². The monoisotopic (exact) mass is 403 g/mol. The quantitative estimate of drug-likeness (QED) is 0.428. The zero-order chi connectivity index (χ0) is 20.6. The minimum absolute atomic E-state index is 0.126. The molecule has 1 aromatic rings. The van der Waals surface area contributed by atoms with Gasteiger partial charge in [-0.15, -0.1) is 0 Å². The van der Waals surface area contributed by atoms with Gasteiger partial charge in [-0.05, 0) is 39.1 Å². The van der Waals surface area contributed by atoms with Crippen molar-refractivity contribution < 1.29 is 22.4 Å². The number of aliphatic imine (C=N–C) groups is 1. The van der Waals surface area contributed by atoms with Gasteiger partial charge in [-0.3, -0.25) is 14.7 Å². The highest BCUT2D eigenvalue weighted by molar-refractivity contribution is 5.91. The molecule has 1 aliphatic rings. The highest BCUT2D eigenvalue weighted by Gasteiger charge is 2.29. The maximum absolute atomic E-state index is 12.3. The molecule has 1 fully saturated rings. The molecule has 158 valence electrons. The van der Waals surface area contributed by atoms with Crippen molar-refractivity contribution in [2.75, 3.05) is 59.4 Å². The number of carbonyl (C=O) groups is 1. The third-order valence-corrected chi connectivity index (χ3v) is 4.34. The molecule has 1 aliphatic heterocycles. The molecule has 0 aliphatic carbocycles. The number of carbonyl (C=O) groups excluding carboxylic acids is 1. The molecule has 1 saturated heterocycles. The standard InChI is InChI=1S/C18H28F3N5O2/c1-3-22-17(23-7-5-8-24(2)14-18(19,20)21)26-11-9-25(10-12-26)16(27)15-6-4-13-28-15/h4,6,13H,3,5,7-12,14H2,1-2H3,(H,22,23). The van der Waals surface area contributed by atoms with Gasteiger partial charge in [-0.2, -0.15) is 13.2 Å². The Morgan fingerprint density at radius 2 is 1.96 bits per heavy atom. The fourth-order valence-corrected chi connectivity index (χ4v) is 3.01. The first kappa shape index (κ1) is 22.1. The Balaban J connectivity index is 1.80. The summed E-state index contributed by atoms with van der Waals surface area (Å²) >= 11 is 0. The number of furan rings is 1. The molecule has 0 unspecified atom stereocenters. The smallest absolute Gasteiger partial charge is 0.401 e. The minimum atomic E-state index is -4.18. The predicted octanol–water partition coefficient (Wildman–Crippen LogP) is 1.89. The first-order valence-electron chi connectivity index (χ1n) is 9.41. The van der Waals surface area contributed by atoms with Crippen molar-refractivity contribution in [3.05, 3.63) is 24.2 Å². The molecule has 28 heavy (non-hydrogen) atoms. The molecule has 7 nitrogen and oxygen atoms in total. The van der Waals surface area contributed by atoms with Gasteiger partial charge in [0.25, 0.3) is 5.91 Å². The number of piperazine rings is 1. The van der Waals surface area contributed by atoms with Crippen LogP contribution in [0.3, 0.4) is 0 Å². The Morgan fingerprint density at radius 1 is 1.29 bits per heavy atom. The van der Waals surface area contributed by atoms with Crippen LogP contribution in [-0.2, 0) is 0 Å². The molecule has 0 atom stereocenters. The summed E-state index contributed by atoms with van der Waals surface area (Å²) < 4.78 is 42.2. The molecular formula is C18H28F3N5O2. The lowest BCUT2D eigenvalue weighted by Crippen LogP contribution is -2.53. The highest BCUT2D eigenvalue weighted by atomic mass is 19.4. The first-order valence-corrected chi connectivity index (χ1v) is 9.41. The minimum Gasteiger partial charge on any atom is -0.459 e. The summed E-state index contributed by atoms with van der Waals surface area (Å²) in [6.45, 7) is 4.88. The Bertz CT molecular complexity index is 626. The zero-order valence-corrected chi connectivity index (χ0v) is 16.3. The molecule has 10 heteroatoms. The van der Waals surface area contributed by atoms with E-state index in [1.165, 1.54) is 18.2 Å². The van der Waals surface area contributed by atoms with E-state index in [-0.39, 0.29) is 5.91 Å². The average molecular weight is 403 g/mol. The zero-order valence-electron chi connectivity index (χ0n) is 16.3. The van der Waals surface area contributed by atoms with Gasteiger partial charge in [0.2, 0.25) is 0 Å². The second-order valence-electron chi connectivity index (χ2n) is 6.70. The Morgan fingerprint density at radius 3 is 2.54 bits per heavy atom. The molecule has 2 heterocycles. The number of nitrogens with zero attached hydrogens (tertiary/aromatic N) is 4. The van der Waals surface area contributed by atoms with E-state index in [2.05, 4.69) is 15.2 Å². The van der Waals surface area contributed by atoms with Crippen LogP contribution < -0.4 is 5.32 Å². The van der Waals surface area contributed by atoms with E-state index in [1.54, 1.807) is 17.0 Å². The third-order valence-electron chi connectivity index (χ3n) is 4.34. The first-order chi connectivity index (χ1) is 13.3. The maximum Gasteiger partial charge on any atom is 0.401 e. The highest BCUT2D eigenvalue weighted by Crippen LogP contribution is 2.15. The number of guanidine groups is 1. The number of alkyl halides is 3. The average Bonchev–Trinajstić information content (AvgIpc) is 3.17. The summed E-state index contributed by atoms with van der Waals surface area (Å²) in [5, 5.41) is 3.21. The number of hydrogen-bond donors (Lipinski definition) is 1. The van der Waals surface area contributed by atoms with Crippen LogP contribution in [0.1, 0.15) is 23.9 Å². The van der Waals surface area contributed by atoms with Crippen LogP contribution in [0.5, 0.6) is 0 Å². The van der Waals surface area contributed by atoms with Gasteiger partial charge in [-0.25, -0.2) is 0 Å². The lowest BCUT2D eigenvalue weighted by atomic mass is 10.3. The lowest BCUT2D eigenvalue weighted by molar-refractivity contribution is -0.143. The van der Waals surface area contributed by atoms with Crippen LogP contribution in [-0.4, -0.2) is 92.1 Å². The van der Waals surface area contributed by atoms with Gasteiger partial charge in [0.05, 0.1) is 12.8 Å². The predicted molar refractivity (Wildman–Crippen MR) is 100 cm³/mol. The molecule has 1 amide bonds. The van der Waals surface area contributed by atoms with Crippen molar-refractivity contribution in [2.24, 2.45) is 4.99 Å². The van der Waals surface area contributed by atoms with Crippen LogP contribution in [0.25, 0.3) is 0 Å². The van der Waals surface area contributed by atoms with Gasteiger partial charge < -0.3 is 19.5 Å². The molecular weight excluding hydrogens is 375 g/mol. The number of rotatable bonds is 7. The second kappa shape index (κ2) is 10.4. The molecule has 0 spiro atoms. The van der Waals surface area contributed by atoms with Crippen molar-refractivity contribution in [1.82, 2.24) is 20.0 Å². The SMILES string of the molecule is CCNC(=NCCCN(C)CC(F)(F)F)N1CCN(C(=O)c2ccco2)CC1. The number of halogens is 3. The molecule has 1 N–H and O–H groups in total. The van der Waals surface area contributed by atoms with Crippen molar-refractivity contribution in [1.29, 1.82) is 0 Å². The van der Waals surface area contributed by atoms with Crippen molar-refractivity contribution in [3.63, 3.8) is 0 Å². The molecule has 2 rings (SSSR count). The van der Waals surface area contributed by atoms with E-state index in [4.69, 9.17) is 4.42 Å². The molecule has 0 bridgehead atoms. The Labute approximate surface area is 163 Å². The topological polar surface area (TPSA) is 64.3 Å². The number of hydrogen-bond acceptors (Lipinski definition) is 4. The van der Waals surface area contributed by atoms with Gasteiger partial charge in [0.1, 0.15) is 0 Å². The van der Waals surface area contributed by atoms with Gasteiger partial charge in [-0.1, -0.05) is 0 Å². The normalized spacial score (nSPS) is 16.0. The summed E-state index contributed by atoms with van der Waals surface area (Å²) in [5.74, 6) is 0.933. The second-order valence-corrected chi connectivity index (χ2v) is 6.70. The molecule has 1 aromatic heterocycles. The summed E-state index contributed by atoms with van der Waals surface area (Å²) in [5.41, 5.74) is 0. The van der Waals surface area contributed by atoms with Gasteiger partial charge >= 0.3 is 6.18 Å². The van der Waals surface area contributed by atoms with Gasteiger partial charge in [0.15, 0.2) is 11.7 Å². The van der Waals surface area contributed by atoms with E-state index in [9.17, 15) is 18.0 Å². The lowest BCUT2D eigenvalue weighted by Gasteiger charge is -2.36. The summed E-state index contributed by atoms with van der Waals surface area (Å²) in [4.78, 5) is 21.9. The number of nitrogens with one attached hydrogen (secondary N) is 1. The molecule has 0 saturated carbocycles. The van der Waals surface area contributed by atoms with Crippen molar-refractivity contribution in [2.45, 2.75) is 19.5 Å². The Kier molecular flexibility index (Phi) is 8.16. The van der Waals surface area contributed by atoms with E-state index in [0.29, 0.717) is 58.0 Å². The van der Waals surface area contributed by atoms with Crippen LogP contribution in [0.4, 0.5) is 13.2 Å². The number of amides is 1. The summed E-state index contributed by atoms with van der Waals surface area (Å²) in [7, 11) is 1.46. The van der Waals surface area contributed by atoms with Crippen LogP contribution in [0.2, 0.25) is 0 Å². The fraction of sp³-hybridized carbons (Fsp3) is 0.667. The van der Waals surface area contributed by atoms with Crippen molar-refractivity contribution >= 4 is 11.9 Å². The Hall–Kier alpha value is -2.23. The van der Waals surface area contributed by atoms with Gasteiger partial charge in [0, 0.05) is 39.3 Å². The van der Waals surface area contributed by atoms with Crippen LogP contribution in [0, 0.1) is 0 Å². The third kappa shape index (κ3) is 7.06. The molecule has 0 aromatic carbocycles. The van der Waals surface area contributed by atoms with Crippen LogP contribution >= 0.6 is 0 Å².